The average molecular weight is 348 g/mol. The molecule has 1 aromatic carbocycles. The number of hydrogen-bond donors (Lipinski definition) is 2. The Kier molecular flexibility index (Phi) is 5.25. The number of hydrogen-bond acceptors (Lipinski definition) is 3. The van der Waals surface area contributed by atoms with E-state index in [2.05, 4.69) is 41.1 Å². The second-order valence-electron chi connectivity index (χ2n) is 6.10. The summed E-state index contributed by atoms with van der Waals surface area (Å²) in [7, 11) is 0. The highest BCUT2D eigenvalue weighted by Gasteiger charge is 2.22. The predicted molar refractivity (Wildman–Crippen MR) is 101 cm³/mol. The molecule has 1 aromatic heterocycles. The second-order valence-corrected chi connectivity index (χ2v) is 7.61. The maximum Gasteiger partial charge on any atom is 0.169 e. The van der Waals surface area contributed by atoms with Gasteiger partial charge in [0.2, 0.25) is 0 Å². The Morgan fingerprint density at radius 1 is 1.39 bits per heavy atom. The fraction of sp³-hybridized carbons (Fsp3) is 0.412. The Hall–Kier alpha value is -1.50. The molecule has 1 fully saturated rings. The predicted octanol–water partition coefficient (Wildman–Crippen LogP) is 1.45. The molecule has 0 unspecified atom stereocenters. The van der Waals surface area contributed by atoms with E-state index in [0.717, 1.165) is 55.5 Å². The van der Waals surface area contributed by atoms with Crippen LogP contribution in [0.1, 0.15) is 11.9 Å². The first-order chi connectivity index (χ1) is 11.1. The first-order valence-electron chi connectivity index (χ1n) is 7.97. The summed E-state index contributed by atoms with van der Waals surface area (Å²) in [6.45, 7) is 11.9. The van der Waals surface area contributed by atoms with E-state index >= 15 is 0 Å². The number of nitrogens with one attached hydrogen (secondary N) is 2. The van der Waals surface area contributed by atoms with Gasteiger partial charge in [-0.2, -0.15) is 0 Å². The third kappa shape index (κ3) is 4.28. The SMILES string of the molecule is C=C(C)CNC(=S)N1CC[NH+](Cc2nc3ccccc3s2)CC1. The van der Waals surface area contributed by atoms with Crippen molar-refractivity contribution in [2.75, 3.05) is 32.7 Å². The standard InChI is InChI=1S/C17H22N4S2/c1-13(2)11-18-17(22)21-9-7-20(8-10-21)12-16-19-14-5-3-4-6-15(14)23-16/h3-6H,1,7-12H2,2H3,(H,18,22)/p+1. The molecule has 2 N–H and O–H groups in total. The maximum absolute atomic E-state index is 5.46. The number of benzene rings is 1. The van der Waals surface area contributed by atoms with E-state index in [1.165, 1.54) is 9.71 Å². The molecule has 2 aromatic rings. The molecule has 0 aliphatic carbocycles. The lowest BCUT2D eigenvalue weighted by Crippen LogP contribution is -3.13. The summed E-state index contributed by atoms with van der Waals surface area (Å²) < 4.78 is 1.28. The van der Waals surface area contributed by atoms with Crippen LogP contribution in [0, 0.1) is 0 Å². The number of rotatable bonds is 4. The molecule has 0 atom stereocenters. The lowest BCUT2D eigenvalue weighted by molar-refractivity contribution is -0.917. The van der Waals surface area contributed by atoms with Gasteiger partial charge in [0, 0.05) is 6.54 Å². The number of quaternary nitrogens is 1. The van der Waals surface area contributed by atoms with Crippen molar-refractivity contribution in [1.29, 1.82) is 0 Å². The van der Waals surface area contributed by atoms with Crippen LogP contribution in [0.4, 0.5) is 0 Å². The van der Waals surface area contributed by atoms with Crippen LogP contribution in [0.5, 0.6) is 0 Å². The topological polar surface area (TPSA) is 32.6 Å². The van der Waals surface area contributed by atoms with Crippen molar-refractivity contribution in [1.82, 2.24) is 15.2 Å². The van der Waals surface area contributed by atoms with Gasteiger partial charge in [-0.05, 0) is 31.3 Å². The van der Waals surface area contributed by atoms with Gasteiger partial charge in [0.15, 0.2) is 5.11 Å². The smallest absolute Gasteiger partial charge is 0.169 e. The molecule has 0 amide bonds. The molecule has 4 nitrogen and oxygen atoms in total. The van der Waals surface area contributed by atoms with Crippen LogP contribution in [0.15, 0.2) is 36.4 Å². The molecular formula is C17H23N4S2+. The number of piperazine rings is 1. The van der Waals surface area contributed by atoms with Gasteiger partial charge in [-0.15, -0.1) is 11.3 Å². The van der Waals surface area contributed by atoms with Crippen LogP contribution >= 0.6 is 23.6 Å². The molecule has 23 heavy (non-hydrogen) atoms. The highest BCUT2D eigenvalue weighted by molar-refractivity contribution is 7.80. The monoisotopic (exact) mass is 347 g/mol. The van der Waals surface area contributed by atoms with Crippen LogP contribution in [0.3, 0.4) is 0 Å². The lowest BCUT2D eigenvalue weighted by Gasteiger charge is -2.33. The van der Waals surface area contributed by atoms with E-state index in [1.807, 2.05) is 18.3 Å². The molecule has 1 aliphatic heterocycles. The highest BCUT2D eigenvalue weighted by Crippen LogP contribution is 2.20. The molecule has 2 heterocycles. The van der Waals surface area contributed by atoms with Crippen molar-refractivity contribution in [2.45, 2.75) is 13.5 Å². The molecule has 1 saturated heterocycles. The molecule has 0 bridgehead atoms. The van der Waals surface area contributed by atoms with Crippen molar-refractivity contribution in [3.05, 3.63) is 41.4 Å². The van der Waals surface area contributed by atoms with Crippen LogP contribution in [-0.4, -0.2) is 47.7 Å². The summed E-state index contributed by atoms with van der Waals surface area (Å²) in [5, 5.41) is 5.36. The fourth-order valence-corrected chi connectivity index (χ4v) is 4.04. The Labute approximate surface area is 146 Å². The maximum atomic E-state index is 5.46. The molecule has 6 heteroatoms. The van der Waals surface area contributed by atoms with E-state index in [4.69, 9.17) is 17.2 Å². The number of thiocarbonyl (C=S) groups is 1. The Morgan fingerprint density at radius 3 is 2.83 bits per heavy atom. The van der Waals surface area contributed by atoms with Crippen molar-refractivity contribution in [2.24, 2.45) is 0 Å². The van der Waals surface area contributed by atoms with E-state index in [-0.39, 0.29) is 0 Å². The molecule has 0 saturated carbocycles. The summed E-state index contributed by atoms with van der Waals surface area (Å²) in [6.07, 6.45) is 0. The molecule has 3 rings (SSSR count). The minimum Gasteiger partial charge on any atom is -0.359 e. The second kappa shape index (κ2) is 7.38. The minimum atomic E-state index is 0.762. The van der Waals surface area contributed by atoms with E-state index in [1.54, 1.807) is 4.90 Å². The zero-order valence-electron chi connectivity index (χ0n) is 13.5. The van der Waals surface area contributed by atoms with E-state index in [9.17, 15) is 0 Å². The van der Waals surface area contributed by atoms with Crippen LogP contribution in [-0.2, 0) is 6.54 Å². The number of fused-ring (bicyclic) bond motifs is 1. The number of nitrogens with zero attached hydrogens (tertiary/aromatic N) is 2. The van der Waals surface area contributed by atoms with E-state index in [0.29, 0.717) is 0 Å². The van der Waals surface area contributed by atoms with Gasteiger partial charge in [0.05, 0.1) is 36.4 Å². The van der Waals surface area contributed by atoms with Crippen molar-refractivity contribution in [3.63, 3.8) is 0 Å². The number of aromatic nitrogens is 1. The van der Waals surface area contributed by atoms with Gasteiger partial charge in [0.25, 0.3) is 0 Å². The third-order valence-electron chi connectivity index (χ3n) is 4.04. The molecular weight excluding hydrogens is 324 g/mol. The van der Waals surface area contributed by atoms with Crippen molar-refractivity contribution >= 4 is 38.9 Å². The summed E-state index contributed by atoms with van der Waals surface area (Å²) in [4.78, 5) is 8.60. The largest absolute Gasteiger partial charge is 0.359 e. The molecule has 0 radical (unpaired) electrons. The highest BCUT2D eigenvalue weighted by atomic mass is 32.1. The van der Waals surface area contributed by atoms with E-state index < -0.39 is 0 Å². The number of para-hydroxylation sites is 1. The average Bonchev–Trinajstić information content (AvgIpc) is 2.95. The first-order valence-corrected chi connectivity index (χ1v) is 9.19. The Bertz CT molecular complexity index is 668. The van der Waals surface area contributed by atoms with Gasteiger partial charge in [-0.3, -0.25) is 0 Å². The van der Waals surface area contributed by atoms with Crippen molar-refractivity contribution in [3.8, 4) is 0 Å². The fourth-order valence-electron chi connectivity index (χ4n) is 2.75. The van der Waals surface area contributed by atoms with Gasteiger partial charge in [-0.1, -0.05) is 24.3 Å². The summed E-state index contributed by atoms with van der Waals surface area (Å²) in [6, 6.07) is 8.37. The normalized spacial score (nSPS) is 15.8. The lowest BCUT2D eigenvalue weighted by atomic mass is 10.3. The summed E-state index contributed by atoms with van der Waals surface area (Å²) in [5.74, 6) is 0. The first kappa shape index (κ1) is 16.4. The quantitative estimate of drug-likeness (QED) is 0.648. The van der Waals surface area contributed by atoms with Gasteiger partial charge in [0.1, 0.15) is 11.6 Å². The van der Waals surface area contributed by atoms with Gasteiger partial charge < -0.3 is 15.1 Å². The van der Waals surface area contributed by atoms with Crippen LogP contribution in [0.25, 0.3) is 10.2 Å². The molecule has 0 spiro atoms. The minimum absolute atomic E-state index is 0.762. The van der Waals surface area contributed by atoms with Crippen molar-refractivity contribution < 1.29 is 4.90 Å². The van der Waals surface area contributed by atoms with Gasteiger partial charge in [-0.25, -0.2) is 4.98 Å². The zero-order chi connectivity index (χ0) is 16.2. The summed E-state index contributed by atoms with van der Waals surface area (Å²) >= 11 is 7.27. The van der Waals surface area contributed by atoms with Gasteiger partial charge >= 0.3 is 0 Å². The Morgan fingerprint density at radius 2 is 2.13 bits per heavy atom. The van der Waals surface area contributed by atoms with Crippen LogP contribution < -0.4 is 10.2 Å². The molecule has 122 valence electrons. The molecule has 1 aliphatic rings. The Balaban J connectivity index is 1.51. The summed E-state index contributed by atoms with van der Waals surface area (Å²) in [5.41, 5.74) is 2.23. The number of thiazole rings is 1. The van der Waals surface area contributed by atoms with Crippen LogP contribution in [0.2, 0.25) is 0 Å². The zero-order valence-corrected chi connectivity index (χ0v) is 15.1. The third-order valence-corrected chi connectivity index (χ3v) is 5.48.